The zero-order chi connectivity index (χ0) is 9.56. The van der Waals surface area contributed by atoms with Crippen LogP contribution in [0.3, 0.4) is 0 Å². The molecular formula is C7H13F2NO2. The first kappa shape index (κ1) is 11.3. The number of nitrogens with one attached hydrogen (secondary N) is 1. The van der Waals surface area contributed by atoms with Gasteiger partial charge in [0.05, 0.1) is 6.61 Å². The van der Waals surface area contributed by atoms with Crippen molar-refractivity contribution >= 4 is 5.97 Å². The zero-order valence-electron chi connectivity index (χ0n) is 7.14. The van der Waals surface area contributed by atoms with Crippen LogP contribution in [-0.2, 0) is 9.53 Å². The molecule has 3 nitrogen and oxygen atoms in total. The summed E-state index contributed by atoms with van der Waals surface area (Å²) in [5, 5.41) is 2.46. The van der Waals surface area contributed by atoms with Crippen molar-refractivity contribution in [3.8, 4) is 0 Å². The average molecular weight is 181 g/mol. The van der Waals surface area contributed by atoms with Gasteiger partial charge in [-0.05, 0) is 14.0 Å². The van der Waals surface area contributed by atoms with Gasteiger partial charge in [0, 0.05) is 6.42 Å². The minimum absolute atomic E-state index is 0.209. The van der Waals surface area contributed by atoms with Crippen molar-refractivity contribution in [2.24, 2.45) is 0 Å². The molecule has 0 saturated carbocycles. The fraction of sp³-hybridized carbons (Fsp3) is 0.857. The number of alkyl halides is 2. The quantitative estimate of drug-likeness (QED) is 0.637. The summed E-state index contributed by atoms with van der Waals surface area (Å²) in [5.41, 5.74) is 0. The van der Waals surface area contributed by atoms with Crippen LogP contribution < -0.4 is 5.32 Å². The molecule has 12 heavy (non-hydrogen) atoms. The number of esters is 1. The summed E-state index contributed by atoms with van der Waals surface area (Å²) in [5.74, 6) is -0.625. The van der Waals surface area contributed by atoms with Crippen LogP contribution in [0.25, 0.3) is 0 Å². The summed E-state index contributed by atoms with van der Waals surface area (Å²) in [4.78, 5) is 10.9. The van der Waals surface area contributed by atoms with Crippen LogP contribution in [-0.4, -0.2) is 32.1 Å². The topological polar surface area (TPSA) is 38.3 Å². The first-order chi connectivity index (χ1) is 5.61. The minimum Gasteiger partial charge on any atom is -0.465 e. The molecule has 0 aliphatic rings. The number of likely N-dealkylation sites (N-methyl/N-ethyl adjacent to an activating group) is 1. The Kier molecular flexibility index (Phi) is 5.53. The summed E-state index contributed by atoms with van der Waals surface area (Å²) in [7, 11) is 1.45. The molecule has 1 N–H and O–H groups in total. The number of hydrogen-bond acceptors (Lipinski definition) is 3. The van der Waals surface area contributed by atoms with Crippen LogP contribution in [0, 0.1) is 0 Å². The lowest BCUT2D eigenvalue weighted by atomic mass is 10.2. The summed E-state index contributed by atoms with van der Waals surface area (Å²) < 4.78 is 28.2. The van der Waals surface area contributed by atoms with Gasteiger partial charge in [0.15, 0.2) is 0 Å². The Morgan fingerprint density at radius 2 is 2.17 bits per heavy atom. The van der Waals surface area contributed by atoms with Gasteiger partial charge in [-0.3, -0.25) is 4.79 Å². The Labute approximate surface area is 70.1 Å². The van der Waals surface area contributed by atoms with E-state index in [1.807, 2.05) is 0 Å². The van der Waals surface area contributed by atoms with Crippen molar-refractivity contribution < 1.29 is 18.3 Å². The molecule has 0 bridgehead atoms. The third-order valence-electron chi connectivity index (χ3n) is 1.33. The van der Waals surface area contributed by atoms with E-state index < -0.39 is 24.9 Å². The van der Waals surface area contributed by atoms with Gasteiger partial charge in [-0.1, -0.05) is 0 Å². The lowest BCUT2D eigenvalue weighted by molar-refractivity contribution is -0.146. The van der Waals surface area contributed by atoms with E-state index in [0.29, 0.717) is 0 Å². The highest BCUT2D eigenvalue weighted by molar-refractivity contribution is 5.75. The van der Waals surface area contributed by atoms with Crippen LogP contribution in [0.1, 0.15) is 13.3 Å². The van der Waals surface area contributed by atoms with Crippen molar-refractivity contribution in [3.05, 3.63) is 0 Å². The summed E-state index contributed by atoms with van der Waals surface area (Å²) in [6.45, 7) is 1.84. The Morgan fingerprint density at radius 3 is 2.50 bits per heavy atom. The summed E-state index contributed by atoms with van der Waals surface area (Å²) in [6.07, 6.45) is -3.00. The molecule has 0 amide bonds. The molecule has 0 aromatic heterocycles. The lowest BCUT2D eigenvalue weighted by Crippen LogP contribution is -2.37. The molecule has 5 heteroatoms. The molecule has 1 atom stereocenters. The van der Waals surface area contributed by atoms with Crippen LogP contribution in [0.5, 0.6) is 0 Å². The van der Waals surface area contributed by atoms with Gasteiger partial charge in [-0.2, -0.15) is 0 Å². The first-order valence-corrected chi connectivity index (χ1v) is 3.73. The van der Waals surface area contributed by atoms with Gasteiger partial charge >= 0.3 is 5.97 Å². The molecular weight excluding hydrogens is 168 g/mol. The van der Waals surface area contributed by atoms with Gasteiger partial charge < -0.3 is 10.1 Å². The van der Waals surface area contributed by atoms with Crippen molar-refractivity contribution in [1.29, 1.82) is 0 Å². The second-order valence-electron chi connectivity index (χ2n) is 2.22. The monoisotopic (exact) mass is 181 g/mol. The van der Waals surface area contributed by atoms with Gasteiger partial charge in [0.1, 0.15) is 6.04 Å². The number of ether oxygens (including phenoxy) is 1. The molecule has 0 aliphatic heterocycles. The predicted octanol–water partition coefficient (Wildman–Crippen LogP) is 0.793. The van der Waals surface area contributed by atoms with Crippen LogP contribution >= 0.6 is 0 Å². The van der Waals surface area contributed by atoms with Crippen molar-refractivity contribution in [1.82, 2.24) is 5.32 Å². The van der Waals surface area contributed by atoms with E-state index in [1.54, 1.807) is 6.92 Å². The van der Waals surface area contributed by atoms with Crippen molar-refractivity contribution in [3.63, 3.8) is 0 Å². The number of halogens is 2. The van der Waals surface area contributed by atoms with E-state index in [1.165, 1.54) is 7.05 Å². The van der Waals surface area contributed by atoms with Gasteiger partial charge in [-0.15, -0.1) is 0 Å². The molecule has 0 rings (SSSR count). The fourth-order valence-corrected chi connectivity index (χ4v) is 0.753. The molecule has 0 aliphatic carbocycles. The highest BCUT2D eigenvalue weighted by atomic mass is 19.3. The highest BCUT2D eigenvalue weighted by Gasteiger charge is 2.21. The largest absolute Gasteiger partial charge is 0.465 e. The van der Waals surface area contributed by atoms with E-state index in [0.717, 1.165) is 0 Å². The summed E-state index contributed by atoms with van der Waals surface area (Å²) >= 11 is 0. The Balaban J connectivity index is 3.87. The lowest BCUT2D eigenvalue weighted by Gasteiger charge is -2.13. The smallest absolute Gasteiger partial charge is 0.323 e. The fourth-order valence-electron chi connectivity index (χ4n) is 0.753. The SMILES string of the molecule is CCOC(=O)C(CC(F)F)NC. The van der Waals surface area contributed by atoms with E-state index in [2.05, 4.69) is 10.1 Å². The number of hydrogen-bond donors (Lipinski definition) is 1. The molecule has 1 unspecified atom stereocenters. The zero-order valence-corrected chi connectivity index (χ0v) is 7.14. The predicted molar refractivity (Wildman–Crippen MR) is 40.1 cm³/mol. The molecule has 0 fully saturated rings. The van der Waals surface area contributed by atoms with Crippen molar-refractivity contribution in [2.45, 2.75) is 25.8 Å². The third kappa shape index (κ3) is 4.23. The average Bonchev–Trinajstić information content (AvgIpc) is 2.00. The van der Waals surface area contributed by atoms with Gasteiger partial charge in [0.2, 0.25) is 6.43 Å². The maximum Gasteiger partial charge on any atom is 0.323 e. The van der Waals surface area contributed by atoms with Crippen LogP contribution in [0.15, 0.2) is 0 Å². The maximum atomic E-state index is 11.8. The molecule has 0 spiro atoms. The molecule has 0 saturated heterocycles. The van der Waals surface area contributed by atoms with E-state index in [9.17, 15) is 13.6 Å². The standard InChI is InChI=1S/C7H13F2NO2/c1-3-12-7(11)5(10-2)4-6(8)9/h5-6,10H,3-4H2,1-2H3. The highest BCUT2D eigenvalue weighted by Crippen LogP contribution is 2.04. The van der Waals surface area contributed by atoms with Crippen LogP contribution in [0.2, 0.25) is 0 Å². The minimum atomic E-state index is -2.49. The van der Waals surface area contributed by atoms with Gasteiger partial charge in [0.25, 0.3) is 0 Å². The van der Waals surface area contributed by atoms with Crippen molar-refractivity contribution in [2.75, 3.05) is 13.7 Å². The third-order valence-corrected chi connectivity index (χ3v) is 1.33. The molecule has 0 radical (unpaired) electrons. The normalized spacial score (nSPS) is 13.1. The second kappa shape index (κ2) is 5.88. The molecule has 0 heterocycles. The Bertz CT molecular complexity index is 141. The Hall–Kier alpha value is -0.710. The van der Waals surface area contributed by atoms with Gasteiger partial charge in [-0.25, -0.2) is 8.78 Å². The second-order valence-corrected chi connectivity index (χ2v) is 2.22. The number of carbonyl (C=O) groups is 1. The molecule has 0 aromatic carbocycles. The summed E-state index contributed by atoms with van der Waals surface area (Å²) in [6, 6.07) is -0.898. The van der Waals surface area contributed by atoms with E-state index >= 15 is 0 Å². The number of carbonyl (C=O) groups excluding carboxylic acids is 1. The van der Waals surface area contributed by atoms with E-state index in [-0.39, 0.29) is 6.61 Å². The first-order valence-electron chi connectivity index (χ1n) is 3.73. The maximum absolute atomic E-state index is 11.8. The number of rotatable bonds is 5. The molecule has 0 aromatic rings. The Morgan fingerprint density at radius 1 is 1.58 bits per heavy atom. The van der Waals surface area contributed by atoms with Crippen LogP contribution in [0.4, 0.5) is 8.78 Å². The molecule has 72 valence electrons. The van der Waals surface area contributed by atoms with E-state index in [4.69, 9.17) is 0 Å².